The minimum atomic E-state index is 0.586. The third-order valence-electron chi connectivity index (χ3n) is 4.17. The van der Waals surface area contributed by atoms with Gasteiger partial charge in [-0.05, 0) is 37.3 Å². The van der Waals surface area contributed by atoms with Gasteiger partial charge in [-0.2, -0.15) is 0 Å². The lowest BCUT2D eigenvalue weighted by molar-refractivity contribution is 0.315. The van der Waals surface area contributed by atoms with Gasteiger partial charge in [-0.15, -0.1) is 0 Å². The molecule has 3 rings (SSSR count). The Morgan fingerprint density at radius 2 is 2.12 bits per heavy atom. The molecule has 1 fully saturated rings. The van der Waals surface area contributed by atoms with Gasteiger partial charge in [0, 0.05) is 31.4 Å². The fourth-order valence-electron chi connectivity index (χ4n) is 2.91. The van der Waals surface area contributed by atoms with Crippen LogP contribution in [0.3, 0.4) is 0 Å². The minimum Gasteiger partial charge on any atom is -0.369 e. The van der Waals surface area contributed by atoms with Gasteiger partial charge in [-0.25, -0.2) is 0 Å². The maximum absolute atomic E-state index is 3.60. The van der Waals surface area contributed by atoms with Crippen LogP contribution >= 0.6 is 0 Å². The Labute approximate surface area is 104 Å². The molecule has 2 nitrogen and oxygen atoms in total. The molecule has 0 saturated heterocycles. The van der Waals surface area contributed by atoms with Gasteiger partial charge >= 0.3 is 0 Å². The molecule has 1 unspecified atom stereocenters. The predicted octanol–water partition coefficient (Wildman–Crippen LogP) is 2.78. The summed E-state index contributed by atoms with van der Waals surface area (Å²) < 4.78 is 0. The molecule has 0 radical (unpaired) electrons. The van der Waals surface area contributed by atoms with Gasteiger partial charge in [0.2, 0.25) is 0 Å². The van der Waals surface area contributed by atoms with Crippen LogP contribution in [-0.4, -0.2) is 19.1 Å². The molecule has 1 saturated carbocycles. The fourth-order valence-corrected chi connectivity index (χ4v) is 2.91. The number of hydrogen-bond acceptors (Lipinski definition) is 2. The summed E-state index contributed by atoms with van der Waals surface area (Å²) in [6.07, 6.45) is 4.30. The standard InChI is InChI=1S/C15H22N2/c1-12-10-17(11-13-5-4-6-13)15-8-3-2-7-14(15)9-16-12/h2-3,7-8,12-13,16H,4-6,9-11H2,1H3. The van der Waals surface area contributed by atoms with Crippen molar-refractivity contribution in [1.29, 1.82) is 0 Å². The minimum absolute atomic E-state index is 0.586. The van der Waals surface area contributed by atoms with Crippen LogP contribution in [0.4, 0.5) is 5.69 Å². The molecule has 1 N–H and O–H groups in total. The Morgan fingerprint density at radius 3 is 2.88 bits per heavy atom. The number of hydrogen-bond donors (Lipinski definition) is 1. The Morgan fingerprint density at radius 1 is 1.29 bits per heavy atom. The smallest absolute Gasteiger partial charge is 0.0412 e. The third-order valence-corrected chi connectivity index (χ3v) is 4.17. The Balaban J connectivity index is 1.83. The topological polar surface area (TPSA) is 15.3 Å². The average molecular weight is 230 g/mol. The number of nitrogens with one attached hydrogen (secondary N) is 1. The lowest BCUT2D eigenvalue weighted by atomic mass is 9.85. The molecule has 92 valence electrons. The van der Waals surface area contributed by atoms with E-state index >= 15 is 0 Å². The van der Waals surface area contributed by atoms with E-state index in [0.29, 0.717) is 6.04 Å². The highest BCUT2D eigenvalue weighted by molar-refractivity contribution is 5.54. The maximum atomic E-state index is 3.60. The number of para-hydroxylation sites is 1. The second kappa shape index (κ2) is 4.69. The zero-order valence-corrected chi connectivity index (χ0v) is 10.7. The van der Waals surface area contributed by atoms with E-state index in [4.69, 9.17) is 0 Å². The SMILES string of the molecule is CC1CN(CC2CCC2)c2ccccc2CN1. The Bertz CT molecular complexity index is 384. The zero-order chi connectivity index (χ0) is 11.7. The van der Waals surface area contributed by atoms with Crippen molar-refractivity contribution in [2.24, 2.45) is 5.92 Å². The molecule has 1 atom stereocenters. The molecule has 2 heteroatoms. The summed E-state index contributed by atoms with van der Waals surface area (Å²) in [5.41, 5.74) is 2.91. The molecule has 1 aromatic carbocycles. The maximum Gasteiger partial charge on any atom is 0.0412 e. The van der Waals surface area contributed by atoms with Gasteiger partial charge in [0.25, 0.3) is 0 Å². The monoisotopic (exact) mass is 230 g/mol. The summed E-state index contributed by atoms with van der Waals surface area (Å²) in [5.74, 6) is 0.938. The Hall–Kier alpha value is -1.02. The molecule has 0 aromatic heterocycles. The highest BCUT2D eigenvalue weighted by atomic mass is 15.2. The van der Waals surface area contributed by atoms with Gasteiger partial charge in [0.15, 0.2) is 0 Å². The molecule has 1 aliphatic heterocycles. The number of anilines is 1. The van der Waals surface area contributed by atoms with Crippen molar-refractivity contribution in [3.05, 3.63) is 29.8 Å². The van der Waals surface area contributed by atoms with Crippen molar-refractivity contribution in [3.63, 3.8) is 0 Å². The molecule has 17 heavy (non-hydrogen) atoms. The van der Waals surface area contributed by atoms with Gasteiger partial charge < -0.3 is 10.2 Å². The average Bonchev–Trinajstić information content (AvgIpc) is 2.44. The molecule has 2 aliphatic rings. The van der Waals surface area contributed by atoms with Crippen LogP contribution in [0, 0.1) is 5.92 Å². The second-order valence-electron chi connectivity index (χ2n) is 5.61. The zero-order valence-electron chi connectivity index (χ0n) is 10.7. The lowest BCUT2D eigenvalue weighted by Gasteiger charge is -2.34. The van der Waals surface area contributed by atoms with E-state index in [1.165, 1.54) is 37.1 Å². The Kier molecular flexibility index (Phi) is 3.06. The van der Waals surface area contributed by atoms with Gasteiger partial charge in [-0.1, -0.05) is 24.6 Å². The summed E-state index contributed by atoms with van der Waals surface area (Å²) in [7, 11) is 0. The van der Waals surface area contributed by atoms with E-state index in [9.17, 15) is 0 Å². The highest BCUT2D eigenvalue weighted by Crippen LogP contribution is 2.31. The summed E-state index contributed by atoms with van der Waals surface area (Å²) in [6.45, 7) is 5.70. The van der Waals surface area contributed by atoms with Crippen LogP contribution in [0.5, 0.6) is 0 Å². The summed E-state index contributed by atoms with van der Waals surface area (Å²) in [5, 5.41) is 3.60. The molecule has 0 bridgehead atoms. The number of rotatable bonds is 2. The van der Waals surface area contributed by atoms with Crippen LogP contribution in [0.15, 0.2) is 24.3 Å². The van der Waals surface area contributed by atoms with Gasteiger partial charge in [0.1, 0.15) is 0 Å². The van der Waals surface area contributed by atoms with E-state index in [1.54, 1.807) is 0 Å². The number of benzene rings is 1. The number of fused-ring (bicyclic) bond motifs is 1. The normalized spacial score (nSPS) is 25.0. The summed E-state index contributed by atoms with van der Waals surface area (Å²) >= 11 is 0. The summed E-state index contributed by atoms with van der Waals surface area (Å²) in [4.78, 5) is 2.60. The van der Waals surface area contributed by atoms with Crippen molar-refractivity contribution in [3.8, 4) is 0 Å². The number of nitrogens with zero attached hydrogens (tertiary/aromatic N) is 1. The van der Waals surface area contributed by atoms with Gasteiger partial charge in [-0.3, -0.25) is 0 Å². The van der Waals surface area contributed by atoms with Crippen molar-refractivity contribution in [1.82, 2.24) is 5.32 Å². The second-order valence-corrected chi connectivity index (χ2v) is 5.61. The molecule has 0 amide bonds. The van der Waals surface area contributed by atoms with Crippen LogP contribution in [0.25, 0.3) is 0 Å². The van der Waals surface area contributed by atoms with E-state index < -0.39 is 0 Å². The molecular formula is C15H22N2. The molecule has 0 spiro atoms. The highest BCUT2D eigenvalue weighted by Gasteiger charge is 2.24. The van der Waals surface area contributed by atoms with Crippen molar-refractivity contribution >= 4 is 5.69 Å². The van der Waals surface area contributed by atoms with E-state index in [1.807, 2.05) is 0 Å². The van der Waals surface area contributed by atoms with Crippen molar-refractivity contribution < 1.29 is 0 Å². The van der Waals surface area contributed by atoms with Crippen molar-refractivity contribution in [2.75, 3.05) is 18.0 Å². The first-order chi connectivity index (χ1) is 8.33. The first-order valence-corrected chi connectivity index (χ1v) is 6.89. The van der Waals surface area contributed by atoms with Crippen LogP contribution in [-0.2, 0) is 6.54 Å². The first kappa shape index (κ1) is 11.1. The quantitative estimate of drug-likeness (QED) is 0.840. The van der Waals surface area contributed by atoms with Crippen LogP contribution in [0.2, 0.25) is 0 Å². The third kappa shape index (κ3) is 2.32. The van der Waals surface area contributed by atoms with E-state index in [2.05, 4.69) is 41.4 Å². The summed E-state index contributed by atoms with van der Waals surface area (Å²) in [6, 6.07) is 9.45. The van der Waals surface area contributed by atoms with Gasteiger partial charge in [0.05, 0.1) is 0 Å². The molecule has 1 aromatic rings. The largest absolute Gasteiger partial charge is 0.369 e. The molecular weight excluding hydrogens is 208 g/mol. The van der Waals surface area contributed by atoms with Crippen LogP contribution < -0.4 is 10.2 Å². The van der Waals surface area contributed by atoms with E-state index in [-0.39, 0.29) is 0 Å². The molecule has 1 heterocycles. The first-order valence-electron chi connectivity index (χ1n) is 6.89. The lowest BCUT2D eigenvalue weighted by Crippen LogP contribution is -2.39. The van der Waals surface area contributed by atoms with Crippen molar-refractivity contribution in [2.45, 2.75) is 38.8 Å². The van der Waals surface area contributed by atoms with Crippen LogP contribution in [0.1, 0.15) is 31.7 Å². The molecule has 1 aliphatic carbocycles. The van der Waals surface area contributed by atoms with E-state index in [0.717, 1.165) is 19.0 Å². The predicted molar refractivity (Wildman–Crippen MR) is 72.3 cm³/mol. The fraction of sp³-hybridized carbons (Fsp3) is 0.600.